The molecule has 0 radical (unpaired) electrons. The fourth-order valence-electron chi connectivity index (χ4n) is 7.21. The molecule has 0 amide bonds. The monoisotopic (exact) mass is 422 g/mol. The highest BCUT2D eigenvalue weighted by atomic mass is 31.1. The molecule has 2 heteroatoms. The van der Waals surface area contributed by atoms with E-state index in [1.165, 1.54) is 22.6 Å². The van der Waals surface area contributed by atoms with Gasteiger partial charge in [-0.2, -0.15) is 0 Å². The minimum atomic E-state index is 0.345. The van der Waals surface area contributed by atoms with E-state index in [1.807, 2.05) is 0 Å². The van der Waals surface area contributed by atoms with E-state index in [2.05, 4.69) is 0 Å². The smallest absolute Gasteiger partial charge is 0.0207 e. The van der Waals surface area contributed by atoms with Crippen LogP contribution in [0.25, 0.3) is 0 Å². The van der Waals surface area contributed by atoms with Crippen LogP contribution >= 0.6 is 15.8 Å². The minimum Gasteiger partial charge on any atom is -0.1000 e. The normalized spacial score (nSPS) is 27.6. The van der Waals surface area contributed by atoms with E-state index < -0.39 is 0 Å². The third-order valence-corrected chi connectivity index (χ3v) is 16.4. The maximum Gasteiger partial charge on any atom is -0.0207 e. The number of hydrogen-bond acceptors (Lipinski definition) is 0. The zero-order valence-corrected chi connectivity index (χ0v) is 20.5. The second-order valence-corrected chi connectivity index (χ2v) is 16.5. The van der Waals surface area contributed by atoms with E-state index >= 15 is 0 Å². The molecular weight excluding hydrogens is 374 g/mol. The highest BCUT2D eigenvalue weighted by Crippen LogP contribution is 2.61. The van der Waals surface area contributed by atoms with Crippen molar-refractivity contribution in [2.45, 2.75) is 151 Å². The standard InChI is InChI=1S/C26H48P2/c1-5-13-23(14-6-1)27(24-15-7-2-8-16-24)21-22-28(25-17-9-3-10-18-25)26-19-11-4-12-20-26/h23-26H,1-22H2. The van der Waals surface area contributed by atoms with Crippen LogP contribution in [0, 0.1) is 0 Å². The summed E-state index contributed by atoms with van der Waals surface area (Å²) in [5, 5.41) is 0. The van der Waals surface area contributed by atoms with Gasteiger partial charge in [-0.15, -0.1) is 0 Å². The first-order valence-electron chi connectivity index (χ1n) is 13.4. The van der Waals surface area contributed by atoms with Gasteiger partial charge in [-0.25, -0.2) is 0 Å². The Morgan fingerprint density at radius 2 is 0.536 bits per heavy atom. The van der Waals surface area contributed by atoms with Gasteiger partial charge in [0.2, 0.25) is 0 Å². The van der Waals surface area contributed by atoms with E-state index in [0.717, 1.165) is 0 Å². The first-order valence-corrected chi connectivity index (χ1v) is 16.8. The minimum absolute atomic E-state index is 0.345. The van der Waals surface area contributed by atoms with Crippen LogP contribution in [0.3, 0.4) is 0 Å². The second kappa shape index (κ2) is 12.0. The predicted molar refractivity (Wildman–Crippen MR) is 131 cm³/mol. The molecule has 162 valence electrons. The third-order valence-electron chi connectivity index (χ3n) is 8.79. The fourth-order valence-corrected chi connectivity index (χ4v) is 15.8. The van der Waals surface area contributed by atoms with Gasteiger partial charge in [0, 0.05) is 0 Å². The topological polar surface area (TPSA) is 0 Å². The maximum atomic E-state index is 1.71. The van der Waals surface area contributed by atoms with Gasteiger partial charge >= 0.3 is 0 Å². The number of hydrogen-bond donors (Lipinski definition) is 0. The van der Waals surface area contributed by atoms with Gasteiger partial charge in [0.15, 0.2) is 0 Å². The van der Waals surface area contributed by atoms with Gasteiger partial charge in [0.25, 0.3) is 0 Å². The van der Waals surface area contributed by atoms with Crippen LogP contribution in [-0.4, -0.2) is 35.0 Å². The van der Waals surface area contributed by atoms with Crippen molar-refractivity contribution in [3.8, 4) is 0 Å². The molecule has 0 spiro atoms. The third kappa shape index (κ3) is 6.19. The molecule has 0 nitrogen and oxygen atoms in total. The van der Waals surface area contributed by atoms with Crippen LogP contribution in [0.15, 0.2) is 0 Å². The summed E-state index contributed by atoms with van der Waals surface area (Å²) in [6.07, 6.45) is 35.1. The van der Waals surface area contributed by atoms with Crippen molar-refractivity contribution in [2.75, 3.05) is 12.3 Å². The van der Waals surface area contributed by atoms with Gasteiger partial charge in [-0.05, 0) is 86.3 Å². The van der Waals surface area contributed by atoms with Gasteiger partial charge in [-0.3, -0.25) is 0 Å². The van der Waals surface area contributed by atoms with Gasteiger partial charge < -0.3 is 0 Å². The lowest BCUT2D eigenvalue weighted by Crippen LogP contribution is -2.26. The van der Waals surface area contributed by atoms with Crippen molar-refractivity contribution in [1.82, 2.24) is 0 Å². The molecular formula is C26H48P2. The van der Waals surface area contributed by atoms with E-state index in [9.17, 15) is 0 Å². The Balaban J connectivity index is 1.41. The Morgan fingerprint density at radius 3 is 0.750 bits per heavy atom. The summed E-state index contributed by atoms with van der Waals surface area (Å²) in [7, 11) is 0.689. The molecule has 4 saturated carbocycles. The van der Waals surface area contributed by atoms with Gasteiger partial charge in [0.1, 0.15) is 0 Å². The number of rotatable bonds is 7. The Kier molecular flexibility index (Phi) is 9.49. The summed E-state index contributed by atoms with van der Waals surface area (Å²) in [5.74, 6) is 0. The van der Waals surface area contributed by atoms with Crippen molar-refractivity contribution in [2.24, 2.45) is 0 Å². The van der Waals surface area contributed by atoms with Crippen LogP contribution in [0.5, 0.6) is 0 Å². The molecule has 0 N–H and O–H groups in total. The summed E-state index contributed by atoms with van der Waals surface area (Å²) in [6.45, 7) is 0. The van der Waals surface area contributed by atoms with Crippen LogP contribution in [0.1, 0.15) is 128 Å². The van der Waals surface area contributed by atoms with Crippen molar-refractivity contribution in [3.05, 3.63) is 0 Å². The molecule has 4 aliphatic rings. The summed E-state index contributed by atoms with van der Waals surface area (Å²) in [5.41, 5.74) is 4.73. The molecule has 0 aromatic carbocycles. The second-order valence-electron chi connectivity index (χ2n) is 10.6. The zero-order valence-electron chi connectivity index (χ0n) is 18.8. The van der Waals surface area contributed by atoms with Gasteiger partial charge in [-0.1, -0.05) is 92.9 Å². The molecule has 0 bridgehead atoms. The largest absolute Gasteiger partial charge is 0.1000 e. The van der Waals surface area contributed by atoms with Crippen molar-refractivity contribution >= 4 is 15.8 Å². The van der Waals surface area contributed by atoms with Crippen LogP contribution in [0.4, 0.5) is 0 Å². The van der Waals surface area contributed by atoms with Crippen molar-refractivity contribution in [3.63, 3.8) is 0 Å². The molecule has 4 aliphatic carbocycles. The molecule has 28 heavy (non-hydrogen) atoms. The van der Waals surface area contributed by atoms with Crippen LogP contribution < -0.4 is 0 Å². The molecule has 0 aromatic rings. The lowest BCUT2D eigenvalue weighted by molar-refractivity contribution is 0.482. The summed E-state index contributed by atoms with van der Waals surface area (Å²) >= 11 is 0. The van der Waals surface area contributed by atoms with E-state index in [1.54, 1.807) is 141 Å². The average molecular weight is 423 g/mol. The molecule has 0 aliphatic heterocycles. The Bertz CT molecular complexity index is 336. The predicted octanol–water partition coefficient (Wildman–Crippen LogP) is 9.28. The van der Waals surface area contributed by atoms with E-state index in [0.29, 0.717) is 15.8 Å². The van der Waals surface area contributed by atoms with Crippen molar-refractivity contribution < 1.29 is 0 Å². The molecule has 0 aromatic heterocycles. The average Bonchev–Trinajstić information content (AvgIpc) is 2.79. The summed E-state index contributed by atoms with van der Waals surface area (Å²) in [4.78, 5) is 0. The quantitative estimate of drug-likeness (QED) is 0.359. The van der Waals surface area contributed by atoms with E-state index in [-0.39, 0.29) is 0 Å². The molecule has 4 rings (SSSR count). The summed E-state index contributed by atoms with van der Waals surface area (Å²) in [6, 6.07) is 0. The molecule has 0 unspecified atom stereocenters. The molecule has 4 fully saturated rings. The van der Waals surface area contributed by atoms with Crippen LogP contribution in [-0.2, 0) is 0 Å². The fraction of sp³-hybridized carbons (Fsp3) is 1.00. The highest BCUT2D eigenvalue weighted by Gasteiger charge is 2.35. The highest BCUT2D eigenvalue weighted by molar-refractivity contribution is 7.63. The lowest BCUT2D eigenvalue weighted by atomic mass is 9.99. The SMILES string of the molecule is C1CCC(P(CCP(C2CCCCC2)C2CCCCC2)C2CCCCC2)CC1. The molecule has 0 saturated heterocycles. The van der Waals surface area contributed by atoms with Crippen molar-refractivity contribution in [1.29, 1.82) is 0 Å². The maximum absolute atomic E-state index is 1.71. The summed E-state index contributed by atoms with van der Waals surface area (Å²) < 4.78 is 0. The van der Waals surface area contributed by atoms with Gasteiger partial charge in [0.05, 0.1) is 0 Å². The molecule has 0 atom stereocenters. The zero-order chi connectivity index (χ0) is 19.0. The molecule has 0 heterocycles. The Hall–Kier alpha value is 0.860. The lowest BCUT2D eigenvalue weighted by Gasteiger charge is -2.42. The van der Waals surface area contributed by atoms with E-state index in [4.69, 9.17) is 0 Å². The Morgan fingerprint density at radius 1 is 0.321 bits per heavy atom. The Labute approximate surface area is 179 Å². The first-order chi connectivity index (χ1) is 13.9. The first kappa shape index (κ1) is 22.1. The van der Waals surface area contributed by atoms with Crippen LogP contribution in [0.2, 0.25) is 0 Å².